The first kappa shape index (κ1) is 25.8. The molecule has 0 bridgehead atoms. The number of hydrogen-bond acceptors (Lipinski definition) is 6. The highest BCUT2D eigenvalue weighted by atomic mass is 32.1. The second kappa shape index (κ2) is 11.6. The highest BCUT2D eigenvalue weighted by molar-refractivity contribution is 7.14. The Bertz CT molecular complexity index is 898. The normalized spacial score (nSPS) is 15.8. The summed E-state index contributed by atoms with van der Waals surface area (Å²) >= 11 is 1.48. The van der Waals surface area contributed by atoms with Crippen LogP contribution in [-0.4, -0.2) is 50.1 Å². The highest BCUT2D eigenvalue weighted by Crippen LogP contribution is 2.36. The van der Waals surface area contributed by atoms with Gasteiger partial charge in [-0.1, -0.05) is 20.8 Å². The van der Waals surface area contributed by atoms with E-state index in [-0.39, 0.29) is 12.4 Å². The molecule has 1 aromatic heterocycles. The lowest BCUT2D eigenvalue weighted by molar-refractivity contribution is -0.0369. The highest BCUT2D eigenvalue weighted by Gasteiger charge is 2.23. The first-order valence-electron chi connectivity index (χ1n) is 11.7. The molecule has 0 aliphatic carbocycles. The fourth-order valence-corrected chi connectivity index (χ4v) is 4.37. The van der Waals surface area contributed by atoms with E-state index < -0.39 is 17.2 Å². The zero-order valence-electron chi connectivity index (χ0n) is 20.3. The van der Waals surface area contributed by atoms with Crippen molar-refractivity contribution in [2.24, 2.45) is 11.8 Å². The standard InChI is InChI=1S/C25H36F2N2O3S/c1-17(2)18(3)8-12-32-25(4,5)9-13-31-23-19(6-7-20(26)22(23)27)21-16-33-24(28-21)29-10-14-30-15-11-29/h6-7,16-18H,8-15H2,1-5H3. The second-order valence-corrected chi connectivity index (χ2v) is 10.4. The molecule has 33 heavy (non-hydrogen) atoms. The van der Waals surface area contributed by atoms with E-state index in [0.717, 1.165) is 30.7 Å². The Morgan fingerprint density at radius 2 is 1.88 bits per heavy atom. The number of aromatic nitrogens is 1. The van der Waals surface area contributed by atoms with Gasteiger partial charge in [0.25, 0.3) is 0 Å². The molecular weight excluding hydrogens is 446 g/mol. The lowest BCUT2D eigenvalue weighted by Crippen LogP contribution is -2.36. The van der Waals surface area contributed by atoms with E-state index in [1.807, 2.05) is 19.2 Å². The van der Waals surface area contributed by atoms with E-state index in [2.05, 4.69) is 30.7 Å². The van der Waals surface area contributed by atoms with Gasteiger partial charge in [0.1, 0.15) is 0 Å². The average Bonchev–Trinajstić information content (AvgIpc) is 3.27. The van der Waals surface area contributed by atoms with Crippen LogP contribution >= 0.6 is 11.3 Å². The fourth-order valence-electron chi connectivity index (χ4n) is 3.49. The Morgan fingerprint density at radius 1 is 1.15 bits per heavy atom. The SMILES string of the molecule is CC(C)C(C)CCOC(C)(C)CCOc1c(-c2csc(N3CCOCC3)n2)ccc(F)c1F. The van der Waals surface area contributed by atoms with E-state index in [9.17, 15) is 8.78 Å². The van der Waals surface area contributed by atoms with Gasteiger partial charge in [0.05, 0.1) is 31.1 Å². The molecule has 8 heteroatoms. The van der Waals surface area contributed by atoms with Crippen molar-refractivity contribution in [1.29, 1.82) is 0 Å². The van der Waals surface area contributed by atoms with E-state index in [1.165, 1.54) is 17.4 Å². The summed E-state index contributed by atoms with van der Waals surface area (Å²) in [6, 6.07) is 2.65. The Kier molecular flexibility index (Phi) is 9.07. The number of hydrogen-bond donors (Lipinski definition) is 0. The summed E-state index contributed by atoms with van der Waals surface area (Å²) in [5.74, 6) is -0.822. The number of ether oxygens (including phenoxy) is 3. The number of anilines is 1. The molecule has 0 radical (unpaired) electrons. The van der Waals surface area contributed by atoms with Gasteiger partial charge >= 0.3 is 0 Å². The molecule has 0 saturated carbocycles. The van der Waals surface area contributed by atoms with Gasteiger partial charge in [-0.3, -0.25) is 0 Å². The lowest BCUT2D eigenvalue weighted by Gasteiger charge is -2.27. The van der Waals surface area contributed by atoms with E-state index in [0.29, 0.717) is 49.3 Å². The monoisotopic (exact) mass is 482 g/mol. The van der Waals surface area contributed by atoms with Gasteiger partial charge < -0.3 is 19.1 Å². The average molecular weight is 483 g/mol. The quantitative estimate of drug-likeness (QED) is 0.383. The molecule has 2 aromatic rings. The van der Waals surface area contributed by atoms with Crippen molar-refractivity contribution in [2.45, 2.75) is 53.1 Å². The maximum atomic E-state index is 14.7. The predicted molar refractivity (Wildman–Crippen MR) is 129 cm³/mol. The van der Waals surface area contributed by atoms with Crippen molar-refractivity contribution in [2.75, 3.05) is 44.4 Å². The smallest absolute Gasteiger partial charge is 0.201 e. The van der Waals surface area contributed by atoms with Crippen molar-refractivity contribution in [3.63, 3.8) is 0 Å². The number of nitrogens with zero attached hydrogens (tertiary/aromatic N) is 2. The van der Waals surface area contributed by atoms with Crippen molar-refractivity contribution < 1.29 is 23.0 Å². The Morgan fingerprint density at radius 3 is 2.58 bits per heavy atom. The Labute approximate surface area is 200 Å². The molecule has 1 aliphatic heterocycles. The fraction of sp³-hybridized carbons (Fsp3) is 0.640. The van der Waals surface area contributed by atoms with Crippen LogP contribution in [0.4, 0.5) is 13.9 Å². The summed E-state index contributed by atoms with van der Waals surface area (Å²) in [7, 11) is 0. The third kappa shape index (κ3) is 7.11. The van der Waals surface area contributed by atoms with Crippen molar-refractivity contribution in [1.82, 2.24) is 4.98 Å². The summed E-state index contributed by atoms with van der Waals surface area (Å²) in [6.45, 7) is 14.3. The third-order valence-electron chi connectivity index (χ3n) is 6.25. The number of benzene rings is 1. The van der Waals surface area contributed by atoms with E-state index >= 15 is 0 Å². The van der Waals surface area contributed by atoms with Crippen LogP contribution in [0.3, 0.4) is 0 Å². The van der Waals surface area contributed by atoms with Crippen molar-refractivity contribution in [3.05, 3.63) is 29.1 Å². The molecule has 1 saturated heterocycles. The minimum atomic E-state index is -0.988. The molecule has 1 fully saturated rings. The molecule has 0 N–H and O–H groups in total. The zero-order valence-corrected chi connectivity index (χ0v) is 21.1. The molecule has 1 unspecified atom stereocenters. The molecule has 2 heterocycles. The summed E-state index contributed by atoms with van der Waals surface area (Å²) in [6.07, 6.45) is 1.54. The summed E-state index contributed by atoms with van der Waals surface area (Å²) < 4.78 is 46.0. The van der Waals surface area contributed by atoms with Crippen LogP contribution in [0.25, 0.3) is 11.3 Å². The van der Waals surface area contributed by atoms with Crippen molar-refractivity contribution in [3.8, 4) is 17.0 Å². The van der Waals surface area contributed by atoms with Crippen LogP contribution in [0.5, 0.6) is 5.75 Å². The van der Waals surface area contributed by atoms with Crippen LogP contribution in [0.2, 0.25) is 0 Å². The molecular formula is C25H36F2N2O3S. The van der Waals surface area contributed by atoms with Crippen molar-refractivity contribution >= 4 is 16.5 Å². The largest absolute Gasteiger partial charge is 0.490 e. The molecule has 0 amide bonds. The maximum Gasteiger partial charge on any atom is 0.201 e. The van der Waals surface area contributed by atoms with Gasteiger partial charge in [-0.2, -0.15) is 4.39 Å². The molecule has 0 spiro atoms. The number of halogens is 2. The van der Waals surface area contributed by atoms with Gasteiger partial charge in [-0.05, 0) is 44.2 Å². The van der Waals surface area contributed by atoms with Crippen LogP contribution in [0, 0.1) is 23.5 Å². The van der Waals surface area contributed by atoms with E-state index in [1.54, 1.807) is 0 Å². The van der Waals surface area contributed by atoms with Gasteiger partial charge in [0.15, 0.2) is 16.7 Å². The molecule has 5 nitrogen and oxygen atoms in total. The number of thiazole rings is 1. The van der Waals surface area contributed by atoms with Gasteiger partial charge in [-0.25, -0.2) is 9.37 Å². The van der Waals surface area contributed by atoms with Gasteiger partial charge in [-0.15, -0.1) is 11.3 Å². The number of rotatable bonds is 11. The topological polar surface area (TPSA) is 43.8 Å². The Hall–Kier alpha value is -1.77. The van der Waals surface area contributed by atoms with Gasteiger partial charge in [0, 0.05) is 37.1 Å². The van der Waals surface area contributed by atoms with Crippen LogP contribution in [-0.2, 0) is 9.47 Å². The van der Waals surface area contributed by atoms with Crippen LogP contribution in [0.1, 0.15) is 47.5 Å². The Balaban J connectivity index is 1.65. The molecule has 1 atom stereocenters. The first-order valence-corrected chi connectivity index (χ1v) is 12.6. The summed E-state index contributed by atoms with van der Waals surface area (Å²) in [5.41, 5.74) is 0.604. The predicted octanol–water partition coefficient (Wildman–Crippen LogP) is 6.17. The molecule has 1 aromatic carbocycles. The van der Waals surface area contributed by atoms with Crippen LogP contribution < -0.4 is 9.64 Å². The summed E-state index contributed by atoms with van der Waals surface area (Å²) in [4.78, 5) is 6.80. The van der Waals surface area contributed by atoms with Gasteiger partial charge in [0.2, 0.25) is 5.82 Å². The summed E-state index contributed by atoms with van der Waals surface area (Å²) in [5, 5.41) is 2.70. The van der Waals surface area contributed by atoms with E-state index in [4.69, 9.17) is 14.2 Å². The minimum absolute atomic E-state index is 0.0990. The zero-order chi connectivity index (χ0) is 24.0. The number of morpholine rings is 1. The third-order valence-corrected chi connectivity index (χ3v) is 7.16. The maximum absolute atomic E-state index is 14.7. The minimum Gasteiger partial charge on any atom is -0.490 e. The lowest BCUT2D eigenvalue weighted by atomic mass is 9.95. The molecule has 184 valence electrons. The second-order valence-electron chi connectivity index (χ2n) is 9.57. The first-order chi connectivity index (χ1) is 15.7. The molecule has 3 rings (SSSR count). The molecule has 1 aliphatic rings. The van der Waals surface area contributed by atoms with Crippen LogP contribution in [0.15, 0.2) is 17.5 Å².